The molecule has 1 aromatic carbocycles. The topological polar surface area (TPSA) is 67.4 Å². The van der Waals surface area contributed by atoms with E-state index < -0.39 is 5.97 Å². The van der Waals surface area contributed by atoms with Crippen LogP contribution in [0.15, 0.2) is 24.3 Å². The van der Waals surface area contributed by atoms with Gasteiger partial charge in [-0.1, -0.05) is 12.1 Å². The van der Waals surface area contributed by atoms with Crippen LogP contribution in [0.5, 0.6) is 0 Å². The van der Waals surface area contributed by atoms with E-state index in [1.54, 1.807) is 36.0 Å². The van der Waals surface area contributed by atoms with Crippen LogP contribution in [0.25, 0.3) is 0 Å². The molecule has 0 bridgehead atoms. The van der Waals surface area contributed by atoms with E-state index in [0.29, 0.717) is 11.3 Å². The summed E-state index contributed by atoms with van der Waals surface area (Å²) in [6.07, 6.45) is 0. The lowest BCUT2D eigenvalue weighted by Gasteiger charge is -2.22. The number of hydrogen-bond acceptors (Lipinski definition) is 5. The second kappa shape index (κ2) is 6.58. The third kappa shape index (κ3) is 3.48. The number of carbonyl (C=O) groups excluding carboxylic acids is 2. The van der Waals surface area contributed by atoms with Crippen molar-refractivity contribution in [2.24, 2.45) is 0 Å². The Bertz CT molecular complexity index is 473. The second-order valence-corrected chi connectivity index (χ2v) is 5.26. The lowest BCUT2D eigenvalue weighted by Crippen LogP contribution is -2.46. The number of thioether (sulfide) groups is 1. The van der Waals surface area contributed by atoms with Crippen LogP contribution in [0.4, 0.5) is 5.69 Å². The summed E-state index contributed by atoms with van der Waals surface area (Å²) in [4.78, 5) is 23.7. The molecule has 2 rings (SSSR count). The zero-order valence-electron chi connectivity index (χ0n) is 10.6. The predicted molar refractivity (Wildman–Crippen MR) is 75.5 cm³/mol. The highest BCUT2D eigenvalue weighted by Crippen LogP contribution is 2.17. The fraction of sp³-hybridized carbons (Fsp3) is 0.385. The van der Waals surface area contributed by atoms with E-state index in [9.17, 15) is 9.59 Å². The fourth-order valence-corrected chi connectivity index (χ4v) is 2.77. The first-order valence-electron chi connectivity index (χ1n) is 6.01. The molecule has 1 unspecified atom stereocenters. The molecule has 1 saturated heterocycles. The number of para-hydroxylation sites is 1. The Hall–Kier alpha value is -1.53. The molecule has 0 spiro atoms. The van der Waals surface area contributed by atoms with Crippen LogP contribution in [0.2, 0.25) is 0 Å². The first-order chi connectivity index (χ1) is 9.22. The molecule has 0 aliphatic carbocycles. The average Bonchev–Trinajstić information content (AvgIpc) is 2.48. The van der Waals surface area contributed by atoms with E-state index in [-0.39, 0.29) is 11.9 Å². The van der Waals surface area contributed by atoms with Crippen molar-refractivity contribution in [3.8, 4) is 0 Å². The lowest BCUT2D eigenvalue weighted by molar-refractivity contribution is -0.117. The van der Waals surface area contributed by atoms with Gasteiger partial charge in [0.25, 0.3) is 0 Å². The van der Waals surface area contributed by atoms with Crippen LogP contribution in [0, 0.1) is 0 Å². The molecule has 102 valence electrons. The quantitative estimate of drug-likeness (QED) is 0.812. The van der Waals surface area contributed by atoms with E-state index in [4.69, 9.17) is 4.74 Å². The van der Waals surface area contributed by atoms with Gasteiger partial charge in [0.05, 0.1) is 24.4 Å². The number of ether oxygens (including phenoxy) is 1. The van der Waals surface area contributed by atoms with E-state index in [0.717, 1.165) is 18.1 Å². The number of anilines is 1. The van der Waals surface area contributed by atoms with Gasteiger partial charge in [0, 0.05) is 18.1 Å². The van der Waals surface area contributed by atoms with Gasteiger partial charge in [0.1, 0.15) is 0 Å². The number of rotatable bonds is 3. The Morgan fingerprint density at radius 2 is 2.21 bits per heavy atom. The molecular weight excluding hydrogens is 264 g/mol. The van der Waals surface area contributed by atoms with Crippen molar-refractivity contribution in [1.29, 1.82) is 0 Å². The smallest absolute Gasteiger partial charge is 0.339 e. The van der Waals surface area contributed by atoms with Crippen LogP contribution in [0.3, 0.4) is 0 Å². The van der Waals surface area contributed by atoms with E-state index in [1.807, 2.05) is 0 Å². The van der Waals surface area contributed by atoms with Crippen LogP contribution >= 0.6 is 11.8 Å². The Balaban J connectivity index is 2.09. The van der Waals surface area contributed by atoms with Gasteiger partial charge in [-0.2, -0.15) is 11.8 Å². The number of methoxy groups -OCH3 is 1. The summed E-state index contributed by atoms with van der Waals surface area (Å²) in [6, 6.07) is 6.61. The monoisotopic (exact) mass is 280 g/mol. The second-order valence-electron chi connectivity index (χ2n) is 4.11. The van der Waals surface area contributed by atoms with Crippen LogP contribution in [-0.4, -0.2) is 43.1 Å². The summed E-state index contributed by atoms with van der Waals surface area (Å²) in [5.74, 6) is 1.18. The SMILES string of the molecule is COC(=O)c1ccccc1NC(=O)C1CSCCN1. The number of carbonyl (C=O) groups is 2. The van der Waals surface area contributed by atoms with Gasteiger partial charge in [-0.05, 0) is 12.1 Å². The summed E-state index contributed by atoms with van der Waals surface area (Å²) < 4.78 is 4.69. The average molecular weight is 280 g/mol. The maximum Gasteiger partial charge on any atom is 0.339 e. The molecule has 1 aliphatic heterocycles. The summed E-state index contributed by atoms with van der Waals surface area (Å²) in [6.45, 7) is 0.821. The Labute approximate surface area is 116 Å². The number of amides is 1. The molecule has 5 nitrogen and oxygen atoms in total. The van der Waals surface area contributed by atoms with Crippen LogP contribution in [-0.2, 0) is 9.53 Å². The van der Waals surface area contributed by atoms with Crippen molar-refractivity contribution >= 4 is 29.3 Å². The number of esters is 1. The molecule has 0 aromatic heterocycles. The van der Waals surface area contributed by atoms with Crippen LogP contribution < -0.4 is 10.6 Å². The number of hydrogen-bond donors (Lipinski definition) is 2. The minimum atomic E-state index is -0.457. The molecule has 1 aromatic rings. The van der Waals surface area contributed by atoms with Crippen molar-refractivity contribution in [3.05, 3.63) is 29.8 Å². The zero-order valence-corrected chi connectivity index (χ0v) is 11.5. The molecule has 0 saturated carbocycles. The van der Waals surface area contributed by atoms with Gasteiger partial charge >= 0.3 is 5.97 Å². The maximum atomic E-state index is 12.1. The van der Waals surface area contributed by atoms with E-state index in [1.165, 1.54) is 7.11 Å². The maximum absolute atomic E-state index is 12.1. The highest BCUT2D eigenvalue weighted by atomic mass is 32.2. The predicted octanol–water partition coefficient (Wildman–Crippen LogP) is 1.12. The number of benzene rings is 1. The standard InChI is InChI=1S/C13H16N2O3S/c1-18-13(17)9-4-2-3-5-10(9)15-12(16)11-8-19-7-6-14-11/h2-5,11,14H,6-8H2,1H3,(H,15,16). The number of nitrogens with one attached hydrogen (secondary N) is 2. The summed E-state index contributed by atoms with van der Waals surface area (Å²) in [7, 11) is 1.32. The highest BCUT2D eigenvalue weighted by Gasteiger charge is 2.22. The first-order valence-corrected chi connectivity index (χ1v) is 7.17. The molecule has 6 heteroatoms. The molecule has 1 fully saturated rings. The van der Waals surface area contributed by atoms with Crippen molar-refractivity contribution < 1.29 is 14.3 Å². The van der Waals surface area contributed by atoms with E-state index >= 15 is 0 Å². The molecule has 2 N–H and O–H groups in total. The Morgan fingerprint density at radius 3 is 2.89 bits per heavy atom. The largest absolute Gasteiger partial charge is 0.465 e. The zero-order chi connectivity index (χ0) is 13.7. The molecule has 1 heterocycles. The first kappa shape index (κ1) is 13.9. The lowest BCUT2D eigenvalue weighted by atomic mass is 10.1. The summed E-state index contributed by atoms with van der Waals surface area (Å²) in [5, 5.41) is 5.93. The van der Waals surface area contributed by atoms with Gasteiger partial charge in [-0.3, -0.25) is 4.79 Å². The van der Waals surface area contributed by atoms with Crippen molar-refractivity contribution in [2.45, 2.75) is 6.04 Å². The van der Waals surface area contributed by atoms with Crippen LogP contribution in [0.1, 0.15) is 10.4 Å². The normalized spacial score (nSPS) is 18.7. The minimum Gasteiger partial charge on any atom is -0.465 e. The van der Waals surface area contributed by atoms with Crippen molar-refractivity contribution in [1.82, 2.24) is 5.32 Å². The van der Waals surface area contributed by atoms with Gasteiger partial charge in [0.2, 0.25) is 5.91 Å². The summed E-state index contributed by atoms with van der Waals surface area (Å²) >= 11 is 1.74. The van der Waals surface area contributed by atoms with Gasteiger partial charge in [-0.25, -0.2) is 4.79 Å². The highest BCUT2D eigenvalue weighted by molar-refractivity contribution is 7.99. The van der Waals surface area contributed by atoms with Gasteiger partial charge in [-0.15, -0.1) is 0 Å². The third-order valence-corrected chi connectivity index (χ3v) is 3.89. The molecular formula is C13H16N2O3S. The fourth-order valence-electron chi connectivity index (χ4n) is 1.83. The van der Waals surface area contributed by atoms with Crippen molar-refractivity contribution in [3.63, 3.8) is 0 Å². The van der Waals surface area contributed by atoms with Gasteiger partial charge < -0.3 is 15.4 Å². The van der Waals surface area contributed by atoms with E-state index in [2.05, 4.69) is 10.6 Å². The minimum absolute atomic E-state index is 0.122. The third-order valence-electron chi connectivity index (χ3n) is 2.83. The van der Waals surface area contributed by atoms with Crippen molar-refractivity contribution in [2.75, 3.05) is 30.5 Å². The Kier molecular flexibility index (Phi) is 4.81. The Morgan fingerprint density at radius 1 is 1.42 bits per heavy atom. The molecule has 0 radical (unpaired) electrons. The summed E-state index contributed by atoms with van der Waals surface area (Å²) in [5.41, 5.74) is 0.846. The molecule has 19 heavy (non-hydrogen) atoms. The van der Waals surface area contributed by atoms with Gasteiger partial charge in [0.15, 0.2) is 0 Å². The molecule has 1 amide bonds. The molecule has 1 atom stereocenters. The molecule has 1 aliphatic rings.